The maximum Gasteiger partial charge on any atom is 0.150 e. The summed E-state index contributed by atoms with van der Waals surface area (Å²) in [5.74, 6) is 2.37. The largest absolute Gasteiger partial charge is 0.494 e. The Bertz CT molecular complexity index is 597. The fraction of sp³-hybridized carbons (Fsp3) is 0.353. The zero-order chi connectivity index (χ0) is 14.5. The third kappa shape index (κ3) is 3.95. The van der Waals surface area contributed by atoms with Crippen molar-refractivity contribution in [1.29, 1.82) is 0 Å². The van der Waals surface area contributed by atoms with Crippen molar-refractivity contribution >= 4 is 0 Å². The Kier molecular flexibility index (Phi) is 4.36. The molecule has 2 aromatic rings. The molecule has 4 nitrogen and oxygen atoms in total. The topological polar surface area (TPSA) is 43.4 Å². The second-order valence-electron chi connectivity index (χ2n) is 5.15. The van der Waals surface area contributed by atoms with E-state index >= 15 is 0 Å². The van der Waals surface area contributed by atoms with Crippen molar-refractivity contribution in [3.05, 3.63) is 48.3 Å². The Morgan fingerprint density at radius 2 is 2.10 bits per heavy atom. The molecule has 0 aliphatic heterocycles. The van der Waals surface area contributed by atoms with E-state index in [0.29, 0.717) is 12.6 Å². The average molecular weight is 284 g/mol. The highest BCUT2D eigenvalue weighted by molar-refractivity contribution is 5.39. The minimum Gasteiger partial charge on any atom is -0.494 e. The summed E-state index contributed by atoms with van der Waals surface area (Å²) in [6.07, 6.45) is 6.11. The van der Waals surface area contributed by atoms with Crippen molar-refractivity contribution in [2.45, 2.75) is 32.4 Å². The number of aromatic nitrogens is 1. The van der Waals surface area contributed by atoms with E-state index in [1.54, 1.807) is 12.4 Å². The minimum absolute atomic E-state index is 0.646. The molecule has 0 bridgehead atoms. The van der Waals surface area contributed by atoms with Gasteiger partial charge in [-0.15, -0.1) is 0 Å². The average Bonchev–Trinajstić information content (AvgIpc) is 3.31. The number of nitrogens with one attached hydrogen (secondary N) is 1. The van der Waals surface area contributed by atoms with Gasteiger partial charge in [0, 0.05) is 30.4 Å². The lowest BCUT2D eigenvalue weighted by atomic mass is 10.2. The summed E-state index contributed by atoms with van der Waals surface area (Å²) in [4.78, 5) is 4.16. The van der Waals surface area contributed by atoms with E-state index in [-0.39, 0.29) is 0 Å². The third-order valence-electron chi connectivity index (χ3n) is 3.37. The number of nitrogens with zero attached hydrogens (tertiary/aromatic N) is 1. The van der Waals surface area contributed by atoms with Gasteiger partial charge in [-0.05, 0) is 38.0 Å². The number of hydrogen-bond acceptors (Lipinski definition) is 4. The van der Waals surface area contributed by atoms with E-state index in [4.69, 9.17) is 9.47 Å². The van der Waals surface area contributed by atoms with Crippen LogP contribution in [-0.4, -0.2) is 17.6 Å². The summed E-state index contributed by atoms with van der Waals surface area (Å²) in [5.41, 5.74) is 1.12. The Labute approximate surface area is 125 Å². The Morgan fingerprint density at radius 1 is 1.24 bits per heavy atom. The van der Waals surface area contributed by atoms with Gasteiger partial charge in [0.05, 0.1) is 12.8 Å². The summed E-state index contributed by atoms with van der Waals surface area (Å²) in [6, 6.07) is 10.3. The molecule has 4 heteroatoms. The van der Waals surface area contributed by atoms with Gasteiger partial charge in [-0.3, -0.25) is 4.98 Å². The van der Waals surface area contributed by atoms with Crippen molar-refractivity contribution in [2.24, 2.45) is 0 Å². The van der Waals surface area contributed by atoms with Gasteiger partial charge in [-0.1, -0.05) is 6.07 Å². The number of pyridine rings is 1. The smallest absolute Gasteiger partial charge is 0.150 e. The third-order valence-corrected chi connectivity index (χ3v) is 3.37. The molecule has 0 radical (unpaired) electrons. The molecule has 1 aromatic heterocycles. The first kappa shape index (κ1) is 13.9. The molecule has 0 atom stereocenters. The summed E-state index contributed by atoms with van der Waals surface area (Å²) >= 11 is 0. The van der Waals surface area contributed by atoms with Gasteiger partial charge in [0.15, 0.2) is 0 Å². The molecule has 3 rings (SSSR count). The molecule has 1 saturated carbocycles. The predicted molar refractivity (Wildman–Crippen MR) is 81.8 cm³/mol. The van der Waals surface area contributed by atoms with E-state index in [1.807, 2.05) is 37.3 Å². The maximum absolute atomic E-state index is 5.97. The van der Waals surface area contributed by atoms with Crippen LogP contribution in [0, 0.1) is 0 Å². The zero-order valence-corrected chi connectivity index (χ0v) is 12.2. The molecular formula is C17H20N2O2. The van der Waals surface area contributed by atoms with Gasteiger partial charge in [0.25, 0.3) is 0 Å². The number of ether oxygens (including phenoxy) is 2. The first-order valence-electron chi connectivity index (χ1n) is 7.42. The van der Waals surface area contributed by atoms with E-state index < -0.39 is 0 Å². The van der Waals surface area contributed by atoms with Gasteiger partial charge in [0.2, 0.25) is 0 Å². The normalized spacial score (nSPS) is 14.0. The van der Waals surface area contributed by atoms with Crippen LogP contribution in [0.3, 0.4) is 0 Å². The SMILES string of the molecule is CCOc1cccc(Oc2cnccc2CNC2CC2)c1. The Morgan fingerprint density at radius 3 is 2.90 bits per heavy atom. The van der Waals surface area contributed by atoms with Crippen LogP contribution in [0.5, 0.6) is 17.2 Å². The van der Waals surface area contributed by atoms with Crippen LogP contribution >= 0.6 is 0 Å². The fourth-order valence-electron chi connectivity index (χ4n) is 2.11. The van der Waals surface area contributed by atoms with Crippen LogP contribution in [0.2, 0.25) is 0 Å². The lowest BCUT2D eigenvalue weighted by Crippen LogP contribution is -2.15. The van der Waals surface area contributed by atoms with E-state index in [2.05, 4.69) is 10.3 Å². The van der Waals surface area contributed by atoms with Gasteiger partial charge in [-0.2, -0.15) is 0 Å². The van der Waals surface area contributed by atoms with Crippen LogP contribution in [0.15, 0.2) is 42.7 Å². The van der Waals surface area contributed by atoms with Crippen LogP contribution < -0.4 is 14.8 Å². The quantitative estimate of drug-likeness (QED) is 0.844. The standard InChI is InChI=1S/C17H20N2O2/c1-2-20-15-4-3-5-16(10-15)21-17-12-18-9-8-13(17)11-19-14-6-7-14/h3-5,8-10,12,14,19H,2,6-7,11H2,1H3. The van der Waals surface area contributed by atoms with Gasteiger partial charge < -0.3 is 14.8 Å². The van der Waals surface area contributed by atoms with Crippen LogP contribution in [-0.2, 0) is 6.54 Å². The van der Waals surface area contributed by atoms with Crippen molar-refractivity contribution in [3.8, 4) is 17.2 Å². The van der Waals surface area contributed by atoms with Crippen molar-refractivity contribution in [1.82, 2.24) is 10.3 Å². The highest BCUT2D eigenvalue weighted by atomic mass is 16.5. The second kappa shape index (κ2) is 6.59. The van der Waals surface area contributed by atoms with Gasteiger partial charge >= 0.3 is 0 Å². The van der Waals surface area contributed by atoms with Crippen LogP contribution in [0.1, 0.15) is 25.3 Å². The molecule has 21 heavy (non-hydrogen) atoms. The minimum atomic E-state index is 0.646. The van der Waals surface area contributed by atoms with Gasteiger partial charge in [-0.25, -0.2) is 0 Å². The van der Waals surface area contributed by atoms with Crippen molar-refractivity contribution < 1.29 is 9.47 Å². The number of benzene rings is 1. The number of hydrogen-bond donors (Lipinski definition) is 1. The summed E-state index contributed by atoms with van der Waals surface area (Å²) in [5, 5.41) is 3.50. The predicted octanol–water partition coefficient (Wildman–Crippen LogP) is 3.52. The molecule has 1 heterocycles. The maximum atomic E-state index is 5.97. The highest BCUT2D eigenvalue weighted by Gasteiger charge is 2.20. The fourth-order valence-corrected chi connectivity index (χ4v) is 2.11. The number of rotatable bonds is 7. The summed E-state index contributed by atoms with van der Waals surface area (Å²) in [7, 11) is 0. The van der Waals surface area contributed by atoms with Crippen molar-refractivity contribution in [2.75, 3.05) is 6.61 Å². The molecule has 1 aliphatic rings. The zero-order valence-electron chi connectivity index (χ0n) is 12.2. The molecule has 1 aliphatic carbocycles. The Balaban J connectivity index is 1.72. The molecule has 0 amide bonds. The second-order valence-corrected chi connectivity index (χ2v) is 5.15. The van der Waals surface area contributed by atoms with Gasteiger partial charge in [0.1, 0.15) is 17.2 Å². The lowest BCUT2D eigenvalue weighted by molar-refractivity contribution is 0.338. The molecule has 1 aromatic carbocycles. The molecule has 0 spiro atoms. The Hall–Kier alpha value is -2.07. The highest BCUT2D eigenvalue weighted by Crippen LogP contribution is 2.28. The molecule has 0 unspecified atom stereocenters. The van der Waals surface area contributed by atoms with Crippen molar-refractivity contribution in [3.63, 3.8) is 0 Å². The lowest BCUT2D eigenvalue weighted by Gasteiger charge is -2.12. The summed E-state index contributed by atoms with van der Waals surface area (Å²) < 4.78 is 11.5. The molecule has 0 saturated heterocycles. The molecular weight excluding hydrogens is 264 g/mol. The molecule has 1 N–H and O–H groups in total. The van der Waals surface area contributed by atoms with E-state index in [1.165, 1.54) is 12.8 Å². The van der Waals surface area contributed by atoms with E-state index in [9.17, 15) is 0 Å². The van der Waals surface area contributed by atoms with E-state index in [0.717, 1.165) is 29.4 Å². The summed E-state index contributed by atoms with van der Waals surface area (Å²) in [6.45, 7) is 3.43. The van der Waals surface area contributed by atoms with Crippen LogP contribution in [0.25, 0.3) is 0 Å². The molecule has 110 valence electrons. The first-order valence-corrected chi connectivity index (χ1v) is 7.42. The molecule has 1 fully saturated rings. The van der Waals surface area contributed by atoms with Crippen LogP contribution in [0.4, 0.5) is 0 Å². The monoisotopic (exact) mass is 284 g/mol. The first-order chi connectivity index (χ1) is 10.3.